The number of methoxy groups -OCH3 is 2. The van der Waals surface area contributed by atoms with Crippen LogP contribution in [0.25, 0.3) is 22.3 Å². The van der Waals surface area contributed by atoms with E-state index >= 15 is 0 Å². The summed E-state index contributed by atoms with van der Waals surface area (Å²) < 4.78 is 12.0. The Labute approximate surface area is 259 Å². The third kappa shape index (κ3) is 4.19. The second-order valence-corrected chi connectivity index (χ2v) is 12.7. The van der Waals surface area contributed by atoms with Gasteiger partial charge in [-0.25, -0.2) is 0 Å². The van der Waals surface area contributed by atoms with Gasteiger partial charge in [-0.2, -0.15) is 0 Å². The van der Waals surface area contributed by atoms with Gasteiger partial charge in [0.2, 0.25) is 0 Å². The highest BCUT2D eigenvalue weighted by Crippen LogP contribution is 2.59. The molecule has 5 aromatic rings. The van der Waals surface area contributed by atoms with Gasteiger partial charge in [-0.05, 0) is 105 Å². The van der Waals surface area contributed by atoms with Crippen LogP contribution >= 0.6 is 0 Å². The Bertz CT molecular complexity index is 1820. The summed E-state index contributed by atoms with van der Waals surface area (Å²) in [6.45, 7) is 8.64. The summed E-state index contributed by atoms with van der Waals surface area (Å²) in [5.74, 6) is 2.58. The van der Waals surface area contributed by atoms with E-state index in [-0.39, 0.29) is 23.3 Å². The smallest absolute Gasteiger partial charge is 0.127 e. The van der Waals surface area contributed by atoms with E-state index in [4.69, 9.17) is 9.47 Å². The van der Waals surface area contributed by atoms with E-state index in [0.29, 0.717) is 11.8 Å². The van der Waals surface area contributed by atoms with E-state index in [1.807, 2.05) is 12.1 Å². The Morgan fingerprint density at radius 1 is 0.477 bits per heavy atom. The lowest BCUT2D eigenvalue weighted by atomic mass is 9.60. The molecule has 222 valence electrons. The Hall–Kier alpha value is -4.70. The Kier molecular flexibility index (Phi) is 6.69. The SMILES string of the molecule is COc1cc2c(cc1-c1cc(C(C)C)ccc1O)C1c3ccccc3C2c2cc(OC)c(-c3cc(C(C)C)ccc3O)cc21. The molecule has 0 saturated carbocycles. The summed E-state index contributed by atoms with van der Waals surface area (Å²) in [5.41, 5.74) is 13.1. The van der Waals surface area contributed by atoms with Crippen LogP contribution in [0.4, 0.5) is 0 Å². The van der Waals surface area contributed by atoms with Gasteiger partial charge in [-0.15, -0.1) is 0 Å². The Balaban J connectivity index is 1.49. The quantitative estimate of drug-likeness (QED) is 0.205. The molecule has 2 N–H and O–H groups in total. The predicted octanol–water partition coefficient (Wildman–Crippen LogP) is 9.68. The molecule has 4 heteroatoms. The lowest BCUT2D eigenvalue weighted by molar-refractivity contribution is 0.413. The molecule has 3 aliphatic rings. The summed E-state index contributed by atoms with van der Waals surface area (Å²) in [4.78, 5) is 0. The van der Waals surface area contributed by atoms with Gasteiger partial charge in [0.15, 0.2) is 0 Å². The zero-order valence-corrected chi connectivity index (χ0v) is 26.1. The van der Waals surface area contributed by atoms with Crippen molar-refractivity contribution in [2.75, 3.05) is 14.2 Å². The average Bonchev–Trinajstić information content (AvgIpc) is 3.03. The number of aromatic hydroxyl groups is 2. The molecule has 0 amide bonds. The fourth-order valence-corrected chi connectivity index (χ4v) is 7.28. The lowest BCUT2D eigenvalue weighted by Crippen LogP contribution is -2.28. The number of rotatable bonds is 6. The van der Waals surface area contributed by atoms with Gasteiger partial charge >= 0.3 is 0 Å². The number of benzene rings is 5. The molecule has 0 aliphatic heterocycles. The average molecular weight is 583 g/mol. The van der Waals surface area contributed by atoms with Crippen LogP contribution in [0.5, 0.6) is 23.0 Å². The number of ether oxygens (including phenoxy) is 2. The van der Waals surface area contributed by atoms with Gasteiger partial charge in [0.25, 0.3) is 0 Å². The van der Waals surface area contributed by atoms with Crippen LogP contribution < -0.4 is 9.47 Å². The molecule has 0 spiro atoms. The maximum absolute atomic E-state index is 11.1. The molecule has 0 radical (unpaired) electrons. The summed E-state index contributed by atoms with van der Waals surface area (Å²) in [5, 5.41) is 22.1. The molecule has 8 rings (SSSR count). The molecule has 0 fully saturated rings. The number of hydrogen-bond donors (Lipinski definition) is 2. The van der Waals surface area contributed by atoms with Crippen molar-refractivity contribution in [3.63, 3.8) is 0 Å². The van der Waals surface area contributed by atoms with E-state index in [0.717, 1.165) is 44.9 Å². The highest BCUT2D eigenvalue weighted by atomic mass is 16.5. The topological polar surface area (TPSA) is 58.9 Å². The molecule has 44 heavy (non-hydrogen) atoms. The maximum Gasteiger partial charge on any atom is 0.127 e. The monoisotopic (exact) mass is 582 g/mol. The first-order chi connectivity index (χ1) is 21.2. The first-order valence-electron chi connectivity index (χ1n) is 15.4. The number of hydrogen-bond acceptors (Lipinski definition) is 4. The fraction of sp³-hybridized carbons (Fsp3) is 0.250. The van der Waals surface area contributed by atoms with Crippen LogP contribution in [0.1, 0.15) is 95.9 Å². The van der Waals surface area contributed by atoms with Crippen molar-refractivity contribution in [3.05, 3.63) is 129 Å². The molecule has 2 bridgehead atoms. The summed E-state index contributed by atoms with van der Waals surface area (Å²) >= 11 is 0. The molecular formula is C40H38O4. The summed E-state index contributed by atoms with van der Waals surface area (Å²) in [6, 6.07) is 29.2. The third-order valence-corrected chi connectivity index (χ3v) is 9.63. The largest absolute Gasteiger partial charge is 0.507 e. The van der Waals surface area contributed by atoms with Crippen molar-refractivity contribution in [2.24, 2.45) is 0 Å². The number of phenolic OH excluding ortho intramolecular Hbond substituents is 2. The van der Waals surface area contributed by atoms with E-state index in [2.05, 4.69) is 88.4 Å². The van der Waals surface area contributed by atoms with Crippen molar-refractivity contribution < 1.29 is 19.7 Å². The molecule has 5 aromatic carbocycles. The van der Waals surface area contributed by atoms with Crippen LogP contribution in [-0.2, 0) is 0 Å². The molecular weight excluding hydrogens is 544 g/mol. The molecule has 0 heterocycles. The Morgan fingerprint density at radius 2 is 0.864 bits per heavy atom. The molecule has 4 nitrogen and oxygen atoms in total. The number of phenols is 2. The van der Waals surface area contributed by atoms with Gasteiger partial charge < -0.3 is 19.7 Å². The fourth-order valence-electron chi connectivity index (χ4n) is 7.28. The second kappa shape index (κ2) is 10.5. The summed E-state index contributed by atoms with van der Waals surface area (Å²) in [6.07, 6.45) is 0. The summed E-state index contributed by atoms with van der Waals surface area (Å²) in [7, 11) is 3.40. The first-order valence-corrected chi connectivity index (χ1v) is 15.4. The molecule has 0 unspecified atom stereocenters. The zero-order valence-electron chi connectivity index (χ0n) is 26.1. The normalized spacial score (nSPS) is 16.1. The zero-order chi connectivity index (χ0) is 30.9. The second-order valence-electron chi connectivity index (χ2n) is 12.7. The van der Waals surface area contributed by atoms with Gasteiger partial charge in [-0.1, -0.05) is 64.1 Å². The van der Waals surface area contributed by atoms with E-state index in [1.54, 1.807) is 26.4 Å². The van der Waals surface area contributed by atoms with Gasteiger partial charge in [-0.3, -0.25) is 0 Å². The Morgan fingerprint density at radius 3 is 1.23 bits per heavy atom. The third-order valence-electron chi connectivity index (χ3n) is 9.63. The van der Waals surface area contributed by atoms with Gasteiger partial charge in [0, 0.05) is 34.1 Å². The minimum Gasteiger partial charge on any atom is -0.507 e. The van der Waals surface area contributed by atoms with Crippen molar-refractivity contribution in [3.8, 4) is 45.3 Å². The van der Waals surface area contributed by atoms with Crippen molar-refractivity contribution in [1.29, 1.82) is 0 Å². The van der Waals surface area contributed by atoms with Crippen LogP contribution in [-0.4, -0.2) is 24.4 Å². The lowest BCUT2D eigenvalue weighted by Gasteiger charge is -2.43. The predicted molar refractivity (Wildman–Crippen MR) is 177 cm³/mol. The van der Waals surface area contributed by atoms with Crippen LogP contribution in [0.15, 0.2) is 84.9 Å². The van der Waals surface area contributed by atoms with Gasteiger partial charge in [0.05, 0.1) is 14.2 Å². The van der Waals surface area contributed by atoms with Crippen molar-refractivity contribution >= 4 is 0 Å². The molecule has 3 aliphatic carbocycles. The van der Waals surface area contributed by atoms with E-state index in [9.17, 15) is 10.2 Å². The minimum absolute atomic E-state index is 0.00158. The van der Waals surface area contributed by atoms with Gasteiger partial charge in [0.1, 0.15) is 23.0 Å². The highest BCUT2D eigenvalue weighted by Gasteiger charge is 2.43. The van der Waals surface area contributed by atoms with Crippen molar-refractivity contribution in [2.45, 2.75) is 51.4 Å². The minimum atomic E-state index is -0.0265. The molecule has 0 aromatic heterocycles. The van der Waals surface area contributed by atoms with E-state index < -0.39 is 0 Å². The van der Waals surface area contributed by atoms with Crippen LogP contribution in [0.3, 0.4) is 0 Å². The van der Waals surface area contributed by atoms with Crippen LogP contribution in [0.2, 0.25) is 0 Å². The molecule has 0 saturated heterocycles. The van der Waals surface area contributed by atoms with Crippen LogP contribution in [0, 0.1) is 0 Å². The molecule has 0 atom stereocenters. The van der Waals surface area contributed by atoms with E-state index in [1.165, 1.54) is 33.4 Å². The maximum atomic E-state index is 11.1. The first kappa shape index (κ1) is 28.1. The standard InChI is InChI=1S/C40H38O4/c1-21(2)23-11-13-35(41)27(15-23)29-17-31-33(19-37(29)43-5)40-26-10-8-7-9-25(26)39(31)32-18-30(38(44-6)20-34(32)40)28-16-24(22(3)4)12-14-36(28)42/h7-22,39-42H,1-6H3. The highest BCUT2D eigenvalue weighted by molar-refractivity contribution is 5.83. The van der Waals surface area contributed by atoms with Crippen molar-refractivity contribution in [1.82, 2.24) is 0 Å².